The second-order valence-electron chi connectivity index (χ2n) is 7.29. The van der Waals surface area contributed by atoms with Crippen LogP contribution in [0.2, 0.25) is 0 Å². The number of aromatic nitrogens is 2. The average Bonchev–Trinajstić information content (AvgIpc) is 2.76. The summed E-state index contributed by atoms with van der Waals surface area (Å²) in [6.45, 7) is 0.822. The number of alkyl halides is 5. The number of nitrogens with one attached hydrogen (secondary N) is 1. The number of nitriles is 1. The van der Waals surface area contributed by atoms with Gasteiger partial charge in [0.25, 0.3) is 11.8 Å². The van der Waals surface area contributed by atoms with Crippen LogP contribution in [0.15, 0.2) is 36.0 Å². The van der Waals surface area contributed by atoms with E-state index in [0.717, 1.165) is 6.07 Å². The summed E-state index contributed by atoms with van der Waals surface area (Å²) in [6, 6.07) is 5.98. The fraction of sp³-hybridized carbons (Fsp3) is 0.364. The molecule has 0 saturated heterocycles. The molecule has 0 aliphatic heterocycles. The molecule has 2 aromatic rings. The van der Waals surface area contributed by atoms with Crippen molar-refractivity contribution in [3.63, 3.8) is 0 Å². The van der Waals surface area contributed by atoms with Crippen molar-refractivity contribution in [2.75, 3.05) is 18.5 Å². The van der Waals surface area contributed by atoms with Gasteiger partial charge in [-0.15, -0.1) is 0 Å². The van der Waals surface area contributed by atoms with Gasteiger partial charge < -0.3 is 14.8 Å². The summed E-state index contributed by atoms with van der Waals surface area (Å²) in [6.07, 6.45) is -1.71. The van der Waals surface area contributed by atoms with Crippen molar-refractivity contribution in [2.45, 2.75) is 39.3 Å². The molecule has 0 bridgehead atoms. The lowest BCUT2D eigenvalue weighted by Crippen LogP contribution is -2.23. The van der Waals surface area contributed by atoms with E-state index in [0.29, 0.717) is 18.2 Å². The van der Waals surface area contributed by atoms with Crippen LogP contribution in [0.3, 0.4) is 0 Å². The number of carbonyl (C=O) groups excluding carboxylic acids is 1. The van der Waals surface area contributed by atoms with E-state index in [1.54, 1.807) is 13.0 Å². The summed E-state index contributed by atoms with van der Waals surface area (Å²) in [4.78, 5) is 20.8. The second-order valence-corrected chi connectivity index (χ2v) is 7.29. The van der Waals surface area contributed by atoms with Gasteiger partial charge in [-0.05, 0) is 26.0 Å². The second kappa shape index (κ2) is 10.9. The quantitative estimate of drug-likeness (QED) is 0.407. The van der Waals surface area contributed by atoms with Crippen LogP contribution < -0.4 is 14.8 Å². The normalized spacial score (nSPS) is 12.1. The Balaban J connectivity index is 2.28. The van der Waals surface area contributed by atoms with Gasteiger partial charge in [0, 0.05) is 42.4 Å². The Labute approximate surface area is 192 Å². The van der Waals surface area contributed by atoms with Crippen molar-refractivity contribution in [3.05, 3.63) is 52.9 Å². The van der Waals surface area contributed by atoms with Crippen LogP contribution in [0.25, 0.3) is 0 Å². The molecule has 0 saturated carbocycles. The number of hydrogen-bond acceptors (Lipinski definition) is 6. The monoisotopic (exact) mass is 484 g/mol. The van der Waals surface area contributed by atoms with Crippen molar-refractivity contribution in [2.24, 2.45) is 0 Å². The first kappa shape index (κ1) is 26.5. The molecule has 0 fully saturated rings. The molecule has 0 atom stereocenters. The van der Waals surface area contributed by atoms with Gasteiger partial charge in [0.05, 0.1) is 5.56 Å². The third-order valence-electron chi connectivity index (χ3n) is 4.26. The molecule has 0 aromatic carbocycles. The largest absolute Gasteiger partial charge is 0.484 e. The maximum absolute atomic E-state index is 13.2. The summed E-state index contributed by atoms with van der Waals surface area (Å²) in [5.41, 5.74) is 1.11. The molecule has 34 heavy (non-hydrogen) atoms. The SMILES string of the molecule is C/C=C(/Cc1ccc(C#N)cn1)C(=O)Nc1nc(OCC(C)(F)F)cc(OCC(F)(F)F)c1C. The highest BCUT2D eigenvalue weighted by Crippen LogP contribution is 2.31. The molecule has 0 radical (unpaired) electrons. The minimum atomic E-state index is -4.65. The maximum Gasteiger partial charge on any atom is 0.422 e. The highest BCUT2D eigenvalue weighted by atomic mass is 19.4. The van der Waals surface area contributed by atoms with Crippen molar-refractivity contribution < 1.29 is 36.2 Å². The first-order chi connectivity index (χ1) is 15.8. The summed E-state index contributed by atoms with van der Waals surface area (Å²) in [5, 5.41) is 11.3. The number of carbonyl (C=O) groups is 1. The fourth-order valence-corrected chi connectivity index (χ4v) is 2.56. The van der Waals surface area contributed by atoms with Gasteiger partial charge in [0.15, 0.2) is 13.2 Å². The van der Waals surface area contributed by atoms with Crippen LogP contribution in [0.4, 0.5) is 27.8 Å². The number of nitrogens with zero attached hydrogens (tertiary/aromatic N) is 3. The molecule has 2 heterocycles. The average molecular weight is 484 g/mol. The first-order valence-corrected chi connectivity index (χ1v) is 9.84. The number of anilines is 1. The molecule has 7 nitrogen and oxygen atoms in total. The standard InChI is InChI=1S/C22H21F5N4O3/c1-4-15(7-16-6-5-14(9-28)10-29-16)20(32)31-19-13(2)17(33-12-22(25,26)27)8-18(30-19)34-11-21(3,23)24/h4-6,8,10H,7,11-12H2,1-3H3,(H,30,31,32)/b15-4-. The zero-order valence-corrected chi connectivity index (χ0v) is 18.5. The number of allylic oxidation sites excluding steroid dienone is 1. The van der Waals surface area contributed by atoms with Gasteiger partial charge in [-0.1, -0.05) is 6.08 Å². The minimum Gasteiger partial charge on any atom is -0.484 e. The Morgan fingerprint density at radius 1 is 1.21 bits per heavy atom. The lowest BCUT2D eigenvalue weighted by Gasteiger charge is -2.18. The lowest BCUT2D eigenvalue weighted by atomic mass is 10.1. The van der Waals surface area contributed by atoms with E-state index in [4.69, 9.17) is 14.7 Å². The van der Waals surface area contributed by atoms with E-state index in [2.05, 4.69) is 15.3 Å². The number of ether oxygens (including phenoxy) is 2. The van der Waals surface area contributed by atoms with Gasteiger partial charge in [0.1, 0.15) is 17.6 Å². The molecule has 12 heteroatoms. The van der Waals surface area contributed by atoms with E-state index in [1.807, 2.05) is 6.07 Å². The molecule has 0 aliphatic carbocycles. The lowest BCUT2D eigenvalue weighted by molar-refractivity contribution is -0.153. The number of pyridine rings is 2. The highest BCUT2D eigenvalue weighted by molar-refractivity contribution is 6.03. The van der Waals surface area contributed by atoms with E-state index in [1.165, 1.54) is 25.3 Å². The predicted molar refractivity (Wildman–Crippen MR) is 112 cm³/mol. The van der Waals surface area contributed by atoms with Gasteiger partial charge >= 0.3 is 6.18 Å². The van der Waals surface area contributed by atoms with Crippen molar-refractivity contribution >= 4 is 11.7 Å². The number of hydrogen-bond donors (Lipinski definition) is 1. The number of halogens is 5. The molecular formula is C22H21F5N4O3. The third-order valence-corrected chi connectivity index (χ3v) is 4.26. The molecule has 2 rings (SSSR count). The Kier molecular flexibility index (Phi) is 8.51. The van der Waals surface area contributed by atoms with E-state index >= 15 is 0 Å². The van der Waals surface area contributed by atoms with E-state index in [9.17, 15) is 26.7 Å². The molecule has 2 aromatic heterocycles. The van der Waals surface area contributed by atoms with Gasteiger partial charge in [-0.3, -0.25) is 9.78 Å². The number of amides is 1. The highest BCUT2D eigenvalue weighted by Gasteiger charge is 2.29. The fourth-order valence-electron chi connectivity index (χ4n) is 2.56. The Bertz CT molecular complexity index is 1090. The topological polar surface area (TPSA) is 97.1 Å². The van der Waals surface area contributed by atoms with E-state index in [-0.39, 0.29) is 29.1 Å². The Hall–Kier alpha value is -3.75. The van der Waals surface area contributed by atoms with Crippen LogP contribution in [-0.4, -0.2) is 41.2 Å². The van der Waals surface area contributed by atoms with Gasteiger partial charge in [-0.25, -0.2) is 8.78 Å². The molecule has 0 spiro atoms. The summed E-state index contributed by atoms with van der Waals surface area (Å²) in [5.74, 6) is -4.88. The minimum absolute atomic E-state index is 0.0418. The molecule has 0 unspecified atom stereocenters. The first-order valence-electron chi connectivity index (χ1n) is 9.84. The zero-order chi connectivity index (χ0) is 25.5. The van der Waals surface area contributed by atoms with Gasteiger partial charge in [-0.2, -0.15) is 23.4 Å². The smallest absolute Gasteiger partial charge is 0.422 e. The van der Waals surface area contributed by atoms with Gasteiger partial charge in [0.2, 0.25) is 5.88 Å². The summed E-state index contributed by atoms with van der Waals surface area (Å²) in [7, 11) is 0. The third kappa shape index (κ3) is 8.31. The van der Waals surface area contributed by atoms with Crippen LogP contribution in [0.1, 0.15) is 30.7 Å². The van der Waals surface area contributed by atoms with E-state index < -0.39 is 37.1 Å². The van der Waals surface area contributed by atoms with Crippen molar-refractivity contribution in [1.82, 2.24) is 9.97 Å². The van der Waals surface area contributed by atoms with Crippen molar-refractivity contribution in [3.8, 4) is 17.7 Å². The Morgan fingerprint density at radius 3 is 2.44 bits per heavy atom. The van der Waals surface area contributed by atoms with Crippen LogP contribution >= 0.6 is 0 Å². The maximum atomic E-state index is 13.2. The molecular weight excluding hydrogens is 463 g/mol. The zero-order valence-electron chi connectivity index (χ0n) is 18.5. The van der Waals surface area contributed by atoms with Crippen LogP contribution in [-0.2, 0) is 11.2 Å². The van der Waals surface area contributed by atoms with Crippen molar-refractivity contribution in [1.29, 1.82) is 5.26 Å². The van der Waals surface area contributed by atoms with Crippen LogP contribution in [0, 0.1) is 18.3 Å². The molecule has 0 aliphatic rings. The molecule has 1 N–H and O–H groups in total. The summed E-state index contributed by atoms with van der Waals surface area (Å²) >= 11 is 0. The number of rotatable bonds is 9. The Morgan fingerprint density at radius 2 is 1.91 bits per heavy atom. The molecule has 1 amide bonds. The summed E-state index contributed by atoms with van der Waals surface area (Å²) < 4.78 is 73.9. The molecule has 182 valence electrons. The van der Waals surface area contributed by atoms with Crippen LogP contribution in [0.5, 0.6) is 11.6 Å². The predicted octanol–water partition coefficient (Wildman–Crippen LogP) is 4.76.